The second kappa shape index (κ2) is 8.63. The summed E-state index contributed by atoms with van der Waals surface area (Å²) in [4.78, 5) is 25.6. The minimum absolute atomic E-state index is 0.0523. The highest BCUT2D eigenvalue weighted by atomic mass is 32.2. The van der Waals surface area contributed by atoms with Crippen molar-refractivity contribution in [3.05, 3.63) is 83.4 Å². The molecular weight excluding hydrogens is 396 g/mol. The van der Waals surface area contributed by atoms with E-state index in [0.29, 0.717) is 29.3 Å². The lowest BCUT2D eigenvalue weighted by molar-refractivity contribution is -0.115. The van der Waals surface area contributed by atoms with Gasteiger partial charge in [-0.2, -0.15) is 0 Å². The maximum absolute atomic E-state index is 12.7. The normalized spacial score (nSPS) is 15.1. The van der Waals surface area contributed by atoms with Crippen LogP contribution in [0, 0.1) is 6.92 Å². The Morgan fingerprint density at radius 2 is 1.93 bits per heavy atom. The Kier molecular flexibility index (Phi) is 5.77. The summed E-state index contributed by atoms with van der Waals surface area (Å²) in [7, 11) is 0. The highest BCUT2D eigenvalue weighted by Gasteiger charge is 2.23. The Morgan fingerprint density at radius 1 is 1.10 bits per heavy atom. The van der Waals surface area contributed by atoms with Gasteiger partial charge in [0.2, 0.25) is 5.91 Å². The number of anilines is 2. The minimum atomic E-state index is -0.244. The first-order chi connectivity index (χ1) is 14.5. The molecule has 2 amide bonds. The Bertz CT molecular complexity index is 1110. The molecule has 3 aromatic rings. The van der Waals surface area contributed by atoms with E-state index >= 15 is 0 Å². The van der Waals surface area contributed by atoms with Crippen LogP contribution in [-0.4, -0.2) is 17.1 Å². The third-order valence-electron chi connectivity index (χ3n) is 4.75. The van der Waals surface area contributed by atoms with Crippen molar-refractivity contribution in [3.8, 4) is 5.75 Å². The molecule has 0 fully saturated rings. The first kappa shape index (κ1) is 20.0. The monoisotopic (exact) mass is 418 g/mol. The molecule has 1 aliphatic heterocycles. The van der Waals surface area contributed by atoms with E-state index in [4.69, 9.17) is 4.74 Å². The Hall–Kier alpha value is -3.25. The first-order valence-corrected chi connectivity index (χ1v) is 10.6. The van der Waals surface area contributed by atoms with Crippen molar-refractivity contribution in [1.29, 1.82) is 0 Å². The van der Waals surface area contributed by atoms with Gasteiger partial charge in [0.1, 0.15) is 12.4 Å². The molecule has 0 aliphatic carbocycles. The number of nitrogens with one attached hydrogen (secondary N) is 2. The standard InChI is InChI=1S/C24H22N2O3S/c1-15-5-3-6-17(11-15)14-29-20-8-4-7-19(13-20)25-24(28)18-9-10-22-21(12-18)26-23(27)16(2)30-22/h3-13,16H,14H2,1-2H3,(H,25,28)(H,26,27). The van der Waals surface area contributed by atoms with E-state index in [1.54, 1.807) is 18.2 Å². The summed E-state index contributed by atoms with van der Waals surface area (Å²) >= 11 is 1.49. The van der Waals surface area contributed by atoms with Gasteiger partial charge in [-0.25, -0.2) is 0 Å². The summed E-state index contributed by atoms with van der Waals surface area (Å²) in [5, 5.41) is 5.61. The molecule has 0 saturated carbocycles. The summed E-state index contributed by atoms with van der Waals surface area (Å²) < 4.78 is 5.87. The average molecular weight is 419 g/mol. The lowest BCUT2D eigenvalue weighted by Crippen LogP contribution is -2.26. The number of aryl methyl sites for hydroxylation is 1. The van der Waals surface area contributed by atoms with Crippen molar-refractivity contribution < 1.29 is 14.3 Å². The molecule has 1 unspecified atom stereocenters. The minimum Gasteiger partial charge on any atom is -0.489 e. The van der Waals surface area contributed by atoms with Crippen molar-refractivity contribution in [3.63, 3.8) is 0 Å². The van der Waals surface area contributed by atoms with Gasteiger partial charge in [-0.15, -0.1) is 11.8 Å². The number of amides is 2. The van der Waals surface area contributed by atoms with Crippen LogP contribution < -0.4 is 15.4 Å². The van der Waals surface area contributed by atoms with E-state index in [1.807, 2.05) is 56.3 Å². The fourth-order valence-electron chi connectivity index (χ4n) is 3.19. The van der Waals surface area contributed by atoms with Crippen molar-refractivity contribution >= 4 is 35.0 Å². The summed E-state index contributed by atoms with van der Waals surface area (Å²) in [6.45, 7) is 4.36. The molecule has 0 saturated heterocycles. The maximum Gasteiger partial charge on any atom is 0.255 e. The van der Waals surface area contributed by atoms with Crippen LogP contribution in [0.3, 0.4) is 0 Å². The third-order valence-corrected chi connectivity index (χ3v) is 5.93. The van der Waals surface area contributed by atoms with Crippen LogP contribution in [0.2, 0.25) is 0 Å². The topological polar surface area (TPSA) is 67.4 Å². The van der Waals surface area contributed by atoms with Crippen LogP contribution in [-0.2, 0) is 11.4 Å². The lowest BCUT2D eigenvalue weighted by Gasteiger charge is -2.21. The van der Waals surface area contributed by atoms with Gasteiger partial charge in [-0.1, -0.05) is 35.9 Å². The van der Waals surface area contributed by atoms with E-state index in [0.717, 1.165) is 10.5 Å². The van der Waals surface area contributed by atoms with Gasteiger partial charge in [0.25, 0.3) is 5.91 Å². The van der Waals surface area contributed by atoms with E-state index in [9.17, 15) is 9.59 Å². The smallest absolute Gasteiger partial charge is 0.255 e. The van der Waals surface area contributed by atoms with E-state index in [2.05, 4.69) is 16.7 Å². The predicted octanol–water partition coefficient (Wildman–Crippen LogP) is 5.26. The lowest BCUT2D eigenvalue weighted by atomic mass is 10.1. The average Bonchev–Trinajstić information content (AvgIpc) is 2.73. The van der Waals surface area contributed by atoms with E-state index in [-0.39, 0.29) is 17.1 Å². The number of ether oxygens (including phenoxy) is 1. The SMILES string of the molecule is Cc1cccc(COc2cccc(NC(=O)c3ccc4c(c3)NC(=O)C(C)S4)c2)c1. The third kappa shape index (κ3) is 4.66. The molecule has 0 spiro atoms. The number of hydrogen-bond acceptors (Lipinski definition) is 4. The summed E-state index contributed by atoms with van der Waals surface area (Å²) in [6, 6.07) is 20.8. The van der Waals surface area contributed by atoms with Gasteiger partial charge in [0.05, 0.1) is 10.9 Å². The number of carbonyl (C=O) groups is 2. The second-order valence-corrected chi connectivity index (χ2v) is 8.60. The van der Waals surface area contributed by atoms with Crippen LogP contribution >= 0.6 is 11.8 Å². The molecule has 4 rings (SSSR count). The Balaban J connectivity index is 1.43. The van der Waals surface area contributed by atoms with Crippen molar-refractivity contribution in [2.24, 2.45) is 0 Å². The van der Waals surface area contributed by atoms with Crippen molar-refractivity contribution in [1.82, 2.24) is 0 Å². The molecule has 30 heavy (non-hydrogen) atoms. The largest absolute Gasteiger partial charge is 0.489 e. The fraction of sp³-hybridized carbons (Fsp3) is 0.167. The molecule has 2 N–H and O–H groups in total. The molecule has 3 aromatic carbocycles. The van der Waals surface area contributed by atoms with Crippen LogP contribution in [0.4, 0.5) is 11.4 Å². The van der Waals surface area contributed by atoms with Crippen LogP contribution in [0.5, 0.6) is 5.75 Å². The zero-order chi connectivity index (χ0) is 21.1. The predicted molar refractivity (Wildman–Crippen MR) is 120 cm³/mol. The molecule has 0 radical (unpaired) electrons. The molecule has 6 heteroatoms. The summed E-state index contributed by atoms with van der Waals surface area (Å²) in [5.74, 6) is 0.382. The summed E-state index contributed by atoms with van der Waals surface area (Å²) in [6.07, 6.45) is 0. The van der Waals surface area contributed by atoms with Crippen molar-refractivity contribution in [2.75, 3.05) is 10.6 Å². The molecule has 5 nitrogen and oxygen atoms in total. The van der Waals surface area contributed by atoms with Gasteiger partial charge in [0, 0.05) is 22.2 Å². The van der Waals surface area contributed by atoms with Crippen LogP contribution in [0.25, 0.3) is 0 Å². The van der Waals surface area contributed by atoms with E-state index < -0.39 is 0 Å². The molecule has 0 bridgehead atoms. The quantitative estimate of drug-likeness (QED) is 0.593. The highest BCUT2D eigenvalue weighted by molar-refractivity contribution is 8.00. The molecule has 1 heterocycles. The number of fused-ring (bicyclic) bond motifs is 1. The van der Waals surface area contributed by atoms with Gasteiger partial charge in [-0.3, -0.25) is 9.59 Å². The first-order valence-electron chi connectivity index (χ1n) is 9.69. The maximum atomic E-state index is 12.7. The van der Waals surface area contributed by atoms with Crippen LogP contribution in [0.15, 0.2) is 71.6 Å². The molecular formula is C24H22N2O3S. The number of hydrogen-bond donors (Lipinski definition) is 2. The number of thioether (sulfide) groups is 1. The van der Waals surface area contributed by atoms with Crippen LogP contribution in [0.1, 0.15) is 28.4 Å². The van der Waals surface area contributed by atoms with Crippen molar-refractivity contribution in [2.45, 2.75) is 30.6 Å². The fourth-order valence-corrected chi connectivity index (χ4v) is 4.12. The zero-order valence-corrected chi connectivity index (χ0v) is 17.6. The van der Waals surface area contributed by atoms with Gasteiger partial charge < -0.3 is 15.4 Å². The number of carbonyl (C=O) groups excluding carboxylic acids is 2. The van der Waals surface area contributed by atoms with Gasteiger partial charge in [-0.05, 0) is 49.7 Å². The Morgan fingerprint density at radius 3 is 2.77 bits per heavy atom. The number of rotatable bonds is 5. The summed E-state index contributed by atoms with van der Waals surface area (Å²) in [5.41, 5.74) is 4.08. The number of benzene rings is 3. The van der Waals surface area contributed by atoms with E-state index in [1.165, 1.54) is 17.3 Å². The van der Waals surface area contributed by atoms with Gasteiger partial charge in [0.15, 0.2) is 0 Å². The molecule has 152 valence electrons. The molecule has 1 atom stereocenters. The van der Waals surface area contributed by atoms with Gasteiger partial charge >= 0.3 is 0 Å². The molecule has 0 aromatic heterocycles. The second-order valence-electron chi connectivity index (χ2n) is 7.22. The highest BCUT2D eigenvalue weighted by Crippen LogP contribution is 2.36. The molecule has 1 aliphatic rings. The Labute approximate surface area is 179 Å². The zero-order valence-electron chi connectivity index (χ0n) is 16.8.